The molecule has 2 aromatic rings. The van der Waals surface area contributed by atoms with Crippen LogP contribution in [-0.2, 0) is 13.2 Å². The Morgan fingerprint density at radius 1 is 1.29 bits per heavy atom. The quantitative estimate of drug-likeness (QED) is 0.916. The van der Waals surface area contributed by atoms with Gasteiger partial charge < -0.3 is 14.5 Å². The normalized spacial score (nSPS) is 11.7. The van der Waals surface area contributed by atoms with E-state index in [9.17, 15) is 0 Å². The van der Waals surface area contributed by atoms with Crippen molar-refractivity contribution in [2.45, 2.75) is 46.4 Å². The van der Waals surface area contributed by atoms with E-state index >= 15 is 0 Å². The third-order valence-corrected chi connectivity index (χ3v) is 3.14. The number of benzene rings is 1. The lowest BCUT2D eigenvalue weighted by molar-refractivity contribution is 0.257. The average Bonchev–Trinajstić information content (AvgIpc) is 2.80. The molecule has 0 unspecified atom stereocenters. The summed E-state index contributed by atoms with van der Waals surface area (Å²) in [6.07, 6.45) is 0. The highest BCUT2D eigenvalue weighted by Gasteiger charge is 2.14. The van der Waals surface area contributed by atoms with Crippen molar-refractivity contribution in [2.75, 3.05) is 0 Å². The van der Waals surface area contributed by atoms with E-state index in [4.69, 9.17) is 20.8 Å². The standard InChI is InChI=1S/C15H20ClN3O2/c1-10-18-19-14(21-10)9-20-13-7-5-6-12(16)11(13)8-17-15(2,3)4/h5-7,17H,8-9H2,1-4H3. The predicted octanol–water partition coefficient (Wildman–Crippen LogP) is 3.50. The molecule has 21 heavy (non-hydrogen) atoms. The van der Waals surface area contributed by atoms with Gasteiger partial charge in [-0.05, 0) is 32.9 Å². The summed E-state index contributed by atoms with van der Waals surface area (Å²) >= 11 is 6.27. The molecule has 5 nitrogen and oxygen atoms in total. The van der Waals surface area contributed by atoms with Crippen LogP contribution in [0.25, 0.3) is 0 Å². The zero-order valence-electron chi connectivity index (χ0n) is 12.7. The van der Waals surface area contributed by atoms with Crippen molar-refractivity contribution >= 4 is 11.6 Å². The molecule has 0 aliphatic heterocycles. The first kappa shape index (κ1) is 15.8. The van der Waals surface area contributed by atoms with Crippen molar-refractivity contribution in [3.8, 4) is 5.75 Å². The topological polar surface area (TPSA) is 60.2 Å². The molecule has 6 heteroatoms. The van der Waals surface area contributed by atoms with Gasteiger partial charge in [-0.3, -0.25) is 0 Å². The van der Waals surface area contributed by atoms with Gasteiger partial charge in [0.05, 0.1) is 0 Å². The zero-order valence-corrected chi connectivity index (χ0v) is 13.5. The Balaban J connectivity index is 2.09. The molecule has 0 amide bonds. The number of hydrogen-bond donors (Lipinski definition) is 1. The van der Waals surface area contributed by atoms with Gasteiger partial charge in [-0.15, -0.1) is 10.2 Å². The van der Waals surface area contributed by atoms with Gasteiger partial charge >= 0.3 is 0 Å². The van der Waals surface area contributed by atoms with Gasteiger partial charge in [0, 0.05) is 29.6 Å². The predicted molar refractivity (Wildman–Crippen MR) is 81.4 cm³/mol. The maximum Gasteiger partial charge on any atom is 0.253 e. The highest BCUT2D eigenvalue weighted by molar-refractivity contribution is 6.31. The van der Waals surface area contributed by atoms with Crippen LogP contribution in [-0.4, -0.2) is 15.7 Å². The zero-order chi connectivity index (χ0) is 15.5. The molecule has 0 fully saturated rings. The Morgan fingerprint density at radius 2 is 2.05 bits per heavy atom. The summed E-state index contributed by atoms with van der Waals surface area (Å²) in [6.45, 7) is 8.91. The van der Waals surface area contributed by atoms with Crippen molar-refractivity contribution < 1.29 is 9.15 Å². The minimum Gasteiger partial charge on any atom is -0.483 e. The third kappa shape index (κ3) is 4.72. The van der Waals surface area contributed by atoms with Crippen LogP contribution >= 0.6 is 11.6 Å². The molecule has 0 aliphatic carbocycles. The van der Waals surface area contributed by atoms with E-state index in [0.717, 1.165) is 11.3 Å². The number of hydrogen-bond acceptors (Lipinski definition) is 5. The summed E-state index contributed by atoms with van der Waals surface area (Å²) in [7, 11) is 0. The van der Waals surface area contributed by atoms with Crippen LogP contribution < -0.4 is 10.1 Å². The maximum absolute atomic E-state index is 6.27. The summed E-state index contributed by atoms with van der Waals surface area (Å²) in [6, 6.07) is 5.59. The summed E-state index contributed by atoms with van der Waals surface area (Å²) in [5.41, 5.74) is 0.922. The number of nitrogens with zero attached hydrogens (tertiary/aromatic N) is 2. The maximum atomic E-state index is 6.27. The van der Waals surface area contributed by atoms with E-state index in [1.165, 1.54) is 0 Å². The Kier molecular flexibility index (Phi) is 4.85. The molecule has 0 saturated carbocycles. The van der Waals surface area contributed by atoms with Crippen LogP contribution in [0.3, 0.4) is 0 Å². The number of nitrogens with one attached hydrogen (secondary N) is 1. The molecule has 1 aromatic carbocycles. The van der Waals surface area contributed by atoms with Gasteiger partial charge in [0.25, 0.3) is 5.89 Å². The first-order valence-electron chi connectivity index (χ1n) is 6.79. The Labute approximate surface area is 129 Å². The SMILES string of the molecule is Cc1nnc(COc2cccc(Cl)c2CNC(C)(C)C)o1. The molecule has 0 aliphatic rings. The highest BCUT2D eigenvalue weighted by Crippen LogP contribution is 2.27. The van der Waals surface area contributed by atoms with E-state index in [2.05, 4.69) is 36.3 Å². The van der Waals surface area contributed by atoms with Crippen LogP contribution in [0.4, 0.5) is 0 Å². The summed E-state index contributed by atoms with van der Waals surface area (Å²) in [4.78, 5) is 0. The molecule has 1 heterocycles. The smallest absolute Gasteiger partial charge is 0.253 e. The van der Waals surface area contributed by atoms with Crippen molar-refractivity contribution in [3.05, 3.63) is 40.6 Å². The van der Waals surface area contributed by atoms with Crippen LogP contribution in [0.5, 0.6) is 5.75 Å². The second kappa shape index (κ2) is 6.45. The van der Waals surface area contributed by atoms with E-state index in [-0.39, 0.29) is 12.1 Å². The molecule has 114 valence electrons. The first-order chi connectivity index (χ1) is 9.85. The lowest BCUT2D eigenvalue weighted by Crippen LogP contribution is -2.35. The molecular formula is C15H20ClN3O2. The van der Waals surface area contributed by atoms with E-state index in [1.807, 2.05) is 18.2 Å². The molecule has 0 bridgehead atoms. The van der Waals surface area contributed by atoms with E-state index in [0.29, 0.717) is 23.3 Å². The minimum atomic E-state index is 0.0000389. The molecule has 1 aromatic heterocycles. The lowest BCUT2D eigenvalue weighted by Gasteiger charge is -2.22. The Hall–Kier alpha value is -1.59. The van der Waals surface area contributed by atoms with Gasteiger partial charge in [-0.1, -0.05) is 17.7 Å². The van der Waals surface area contributed by atoms with Crippen LogP contribution in [0.2, 0.25) is 5.02 Å². The first-order valence-corrected chi connectivity index (χ1v) is 7.17. The number of aryl methyl sites for hydroxylation is 1. The second-order valence-electron chi connectivity index (χ2n) is 5.82. The Bertz CT molecular complexity index is 605. The van der Waals surface area contributed by atoms with Crippen molar-refractivity contribution in [1.82, 2.24) is 15.5 Å². The fourth-order valence-corrected chi connectivity index (χ4v) is 1.97. The molecule has 0 saturated heterocycles. The summed E-state index contributed by atoms with van der Waals surface area (Å²) in [5, 5.41) is 11.8. The highest BCUT2D eigenvalue weighted by atomic mass is 35.5. The lowest BCUT2D eigenvalue weighted by atomic mass is 10.1. The minimum absolute atomic E-state index is 0.0000389. The molecule has 0 radical (unpaired) electrons. The number of rotatable bonds is 5. The average molecular weight is 310 g/mol. The molecule has 0 spiro atoms. The van der Waals surface area contributed by atoms with Crippen LogP contribution in [0.15, 0.2) is 22.6 Å². The molecule has 2 rings (SSSR count). The van der Waals surface area contributed by atoms with Crippen LogP contribution in [0, 0.1) is 6.92 Å². The fourth-order valence-electron chi connectivity index (χ4n) is 1.73. The largest absolute Gasteiger partial charge is 0.483 e. The molecular weight excluding hydrogens is 290 g/mol. The van der Waals surface area contributed by atoms with Crippen molar-refractivity contribution in [1.29, 1.82) is 0 Å². The van der Waals surface area contributed by atoms with Crippen molar-refractivity contribution in [3.63, 3.8) is 0 Å². The molecule has 1 N–H and O–H groups in total. The van der Waals surface area contributed by atoms with Gasteiger partial charge in [-0.2, -0.15) is 0 Å². The van der Waals surface area contributed by atoms with Gasteiger partial charge in [-0.25, -0.2) is 0 Å². The van der Waals surface area contributed by atoms with E-state index < -0.39 is 0 Å². The monoisotopic (exact) mass is 309 g/mol. The van der Waals surface area contributed by atoms with Gasteiger partial charge in [0.2, 0.25) is 5.89 Å². The Morgan fingerprint density at radius 3 is 2.67 bits per heavy atom. The van der Waals surface area contributed by atoms with Crippen LogP contribution in [0.1, 0.15) is 38.1 Å². The number of ether oxygens (including phenoxy) is 1. The second-order valence-corrected chi connectivity index (χ2v) is 6.23. The van der Waals surface area contributed by atoms with E-state index in [1.54, 1.807) is 6.92 Å². The summed E-state index contributed by atoms with van der Waals surface area (Å²) in [5.74, 6) is 1.69. The summed E-state index contributed by atoms with van der Waals surface area (Å²) < 4.78 is 11.1. The van der Waals surface area contributed by atoms with Gasteiger partial charge in [0.1, 0.15) is 5.75 Å². The fraction of sp³-hybridized carbons (Fsp3) is 0.467. The number of halogens is 1. The van der Waals surface area contributed by atoms with Crippen molar-refractivity contribution in [2.24, 2.45) is 0 Å². The van der Waals surface area contributed by atoms with Gasteiger partial charge in [0.15, 0.2) is 6.61 Å². The number of aromatic nitrogens is 2. The third-order valence-electron chi connectivity index (χ3n) is 2.79. The molecule has 0 atom stereocenters.